The van der Waals surface area contributed by atoms with Gasteiger partial charge in [-0.25, -0.2) is 0 Å². The molecule has 2 nitrogen and oxygen atoms in total. The molecule has 0 amide bonds. The Bertz CT molecular complexity index is 676. The summed E-state index contributed by atoms with van der Waals surface area (Å²) in [6, 6.07) is 14.8. The van der Waals surface area contributed by atoms with Crippen LogP contribution in [-0.4, -0.2) is 6.61 Å². The normalized spacial score (nSPS) is 19.3. The molecule has 0 N–H and O–H groups in total. The molecule has 122 valence electrons. The van der Waals surface area contributed by atoms with Crippen LogP contribution in [0.25, 0.3) is 0 Å². The Balaban J connectivity index is 1.95. The summed E-state index contributed by atoms with van der Waals surface area (Å²) in [5.74, 6) is 1.46. The number of rotatable bonds is 6. The minimum Gasteiger partial charge on any atom is -0.488 e. The Labute approximate surface area is 139 Å². The van der Waals surface area contributed by atoms with Crippen molar-refractivity contribution in [1.29, 1.82) is 0 Å². The van der Waals surface area contributed by atoms with Crippen LogP contribution in [0.15, 0.2) is 42.5 Å². The van der Waals surface area contributed by atoms with Crippen molar-refractivity contribution in [2.75, 3.05) is 6.61 Å². The molecule has 0 saturated carbocycles. The molecular weight excluding hydrogens is 284 g/mol. The molecule has 1 atom stereocenters. The van der Waals surface area contributed by atoms with Crippen molar-refractivity contribution < 1.29 is 9.47 Å². The Kier molecular flexibility index (Phi) is 4.45. The second kappa shape index (κ2) is 6.37. The van der Waals surface area contributed by atoms with Crippen LogP contribution in [0.2, 0.25) is 0 Å². The summed E-state index contributed by atoms with van der Waals surface area (Å²) in [5, 5.41) is 0. The molecule has 1 aliphatic rings. The van der Waals surface area contributed by atoms with Crippen molar-refractivity contribution in [3.8, 4) is 5.75 Å². The van der Waals surface area contributed by atoms with Gasteiger partial charge in [-0.1, -0.05) is 56.3 Å². The lowest BCUT2D eigenvalue weighted by atomic mass is 9.72. The summed E-state index contributed by atoms with van der Waals surface area (Å²) < 4.78 is 12.3. The van der Waals surface area contributed by atoms with Crippen LogP contribution < -0.4 is 4.74 Å². The van der Waals surface area contributed by atoms with Crippen LogP contribution in [-0.2, 0) is 23.4 Å². The van der Waals surface area contributed by atoms with Gasteiger partial charge in [0, 0.05) is 18.6 Å². The summed E-state index contributed by atoms with van der Waals surface area (Å²) >= 11 is 0. The maximum atomic E-state index is 6.31. The highest BCUT2D eigenvalue weighted by Gasteiger charge is 2.43. The molecule has 2 aromatic rings. The lowest BCUT2D eigenvalue weighted by Crippen LogP contribution is -2.39. The molecule has 0 radical (unpaired) electrons. The standard InChI is InChI=1S/C21H26O2/c1-5-23-21(4)13-17-11-12-18(15(2)3)20(19(17)21)22-14-16-9-7-6-8-10-16/h6-12,15H,5,13-14H2,1-4H3. The maximum Gasteiger partial charge on any atom is 0.129 e. The number of hydrogen-bond donors (Lipinski definition) is 0. The van der Waals surface area contributed by atoms with Gasteiger partial charge >= 0.3 is 0 Å². The summed E-state index contributed by atoms with van der Waals surface area (Å²) in [6.07, 6.45) is 0.968. The fourth-order valence-corrected chi connectivity index (χ4v) is 3.49. The zero-order valence-electron chi connectivity index (χ0n) is 14.6. The van der Waals surface area contributed by atoms with E-state index in [1.165, 1.54) is 22.3 Å². The average Bonchev–Trinajstić information content (AvgIpc) is 2.52. The van der Waals surface area contributed by atoms with Crippen LogP contribution in [0, 0.1) is 0 Å². The number of benzene rings is 2. The molecule has 2 heteroatoms. The molecule has 0 bridgehead atoms. The molecule has 0 aliphatic heterocycles. The monoisotopic (exact) mass is 310 g/mol. The van der Waals surface area contributed by atoms with E-state index in [0.29, 0.717) is 12.5 Å². The van der Waals surface area contributed by atoms with Crippen LogP contribution in [0.3, 0.4) is 0 Å². The first-order valence-electron chi connectivity index (χ1n) is 8.52. The van der Waals surface area contributed by atoms with E-state index in [9.17, 15) is 0 Å². The van der Waals surface area contributed by atoms with E-state index in [1.54, 1.807) is 0 Å². The highest BCUT2D eigenvalue weighted by Crippen LogP contribution is 2.50. The van der Waals surface area contributed by atoms with E-state index >= 15 is 0 Å². The van der Waals surface area contributed by atoms with E-state index in [0.717, 1.165) is 18.8 Å². The number of hydrogen-bond acceptors (Lipinski definition) is 2. The Morgan fingerprint density at radius 1 is 1.09 bits per heavy atom. The fraction of sp³-hybridized carbons (Fsp3) is 0.429. The summed E-state index contributed by atoms with van der Waals surface area (Å²) in [6.45, 7) is 9.99. The lowest BCUT2D eigenvalue weighted by Gasteiger charge is -2.42. The van der Waals surface area contributed by atoms with Gasteiger partial charge in [-0.05, 0) is 36.5 Å². The van der Waals surface area contributed by atoms with Crippen molar-refractivity contribution in [2.45, 2.75) is 52.2 Å². The summed E-state index contributed by atoms with van der Waals surface area (Å²) in [5.41, 5.74) is 4.86. The third kappa shape index (κ3) is 3.00. The smallest absolute Gasteiger partial charge is 0.129 e. The minimum atomic E-state index is -0.207. The quantitative estimate of drug-likeness (QED) is 0.730. The SMILES string of the molecule is CCOC1(C)Cc2ccc(C(C)C)c(OCc3ccccc3)c21. The summed E-state index contributed by atoms with van der Waals surface area (Å²) in [7, 11) is 0. The first-order valence-corrected chi connectivity index (χ1v) is 8.52. The molecule has 1 aliphatic carbocycles. The van der Waals surface area contributed by atoms with Gasteiger partial charge in [0.15, 0.2) is 0 Å². The van der Waals surface area contributed by atoms with Gasteiger partial charge in [-0.15, -0.1) is 0 Å². The molecule has 0 heterocycles. The van der Waals surface area contributed by atoms with Gasteiger partial charge in [-0.2, -0.15) is 0 Å². The van der Waals surface area contributed by atoms with E-state index in [4.69, 9.17) is 9.47 Å². The molecule has 0 spiro atoms. The predicted molar refractivity (Wildman–Crippen MR) is 94.0 cm³/mol. The van der Waals surface area contributed by atoms with E-state index in [1.807, 2.05) is 6.07 Å². The van der Waals surface area contributed by atoms with Crippen molar-refractivity contribution in [3.05, 3.63) is 64.7 Å². The minimum absolute atomic E-state index is 0.207. The van der Waals surface area contributed by atoms with Gasteiger partial charge in [-0.3, -0.25) is 0 Å². The molecule has 1 unspecified atom stereocenters. The number of ether oxygens (including phenoxy) is 2. The first kappa shape index (κ1) is 16.1. The Hall–Kier alpha value is -1.80. The van der Waals surface area contributed by atoms with Crippen LogP contribution >= 0.6 is 0 Å². The molecule has 0 fully saturated rings. The highest BCUT2D eigenvalue weighted by molar-refractivity contribution is 5.56. The summed E-state index contributed by atoms with van der Waals surface area (Å²) in [4.78, 5) is 0. The Morgan fingerprint density at radius 3 is 2.48 bits per heavy atom. The van der Waals surface area contributed by atoms with E-state index in [-0.39, 0.29) is 5.60 Å². The second-order valence-electron chi connectivity index (χ2n) is 6.79. The fourth-order valence-electron chi connectivity index (χ4n) is 3.49. The van der Waals surface area contributed by atoms with Gasteiger partial charge in [0.05, 0.1) is 5.60 Å². The van der Waals surface area contributed by atoms with E-state index < -0.39 is 0 Å². The molecular formula is C21H26O2. The predicted octanol–water partition coefficient (Wildman–Crippen LogP) is 5.20. The third-order valence-corrected chi connectivity index (χ3v) is 4.64. The van der Waals surface area contributed by atoms with Crippen LogP contribution in [0.4, 0.5) is 0 Å². The molecule has 23 heavy (non-hydrogen) atoms. The number of fused-ring (bicyclic) bond motifs is 1. The lowest BCUT2D eigenvalue weighted by molar-refractivity contribution is -0.0498. The highest BCUT2D eigenvalue weighted by atomic mass is 16.5. The van der Waals surface area contributed by atoms with Gasteiger partial charge in [0.2, 0.25) is 0 Å². The average molecular weight is 310 g/mol. The van der Waals surface area contributed by atoms with Crippen molar-refractivity contribution in [3.63, 3.8) is 0 Å². The van der Waals surface area contributed by atoms with Crippen molar-refractivity contribution in [2.24, 2.45) is 0 Å². The third-order valence-electron chi connectivity index (χ3n) is 4.64. The van der Waals surface area contributed by atoms with Gasteiger partial charge in [0.1, 0.15) is 12.4 Å². The largest absolute Gasteiger partial charge is 0.488 e. The maximum absolute atomic E-state index is 6.31. The van der Waals surface area contributed by atoms with Crippen molar-refractivity contribution >= 4 is 0 Å². The van der Waals surface area contributed by atoms with Gasteiger partial charge in [0.25, 0.3) is 0 Å². The molecule has 3 rings (SSSR count). The molecule has 2 aromatic carbocycles. The van der Waals surface area contributed by atoms with Crippen molar-refractivity contribution in [1.82, 2.24) is 0 Å². The topological polar surface area (TPSA) is 18.5 Å². The Morgan fingerprint density at radius 2 is 1.83 bits per heavy atom. The second-order valence-corrected chi connectivity index (χ2v) is 6.79. The van der Waals surface area contributed by atoms with Crippen LogP contribution in [0.5, 0.6) is 5.75 Å². The first-order chi connectivity index (χ1) is 11.0. The van der Waals surface area contributed by atoms with Gasteiger partial charge < -0.3 is 9.47 Å². The zero-order valence-corrected chi connectivity index (χ0v) is 14.6. The molecule has 0 aromatic heterocycles. The van der Waals surface area contributed by atoms with Crippen LogP contribution in [0.1, 0.15) is 55.9 Å². The van der Waals surface area contributed by atoms with E-state index in [2.05, 4.69) is 64.1 Å². The molecule has 0 saturated heterocycles. The zero-order chi connectivity index (χ0) is 16.4.